The summed E-state index contributed by atoms with van der Waals surface area (Å²) in [7, 11) is 0. The van der Waals surface area contributed by atoms with Crippen molar-refractivity contribution in [1.29, 1.82) is 0 Å². The Morgan fingerprint density at radius 3 is 3.05 bits per heavy atom. The van der Waals surface area contributed by atoms with Crippen LogP contribution in [0.5, 0.6) is 5.88 Å². The molecule has 3 rings (SSSR count). The molecule has 1 saturated heterocycles. The molecule has 0 aliphatic carbocycles. The lowest BCUT2D eigenvalue weighted by Gasteiger charge is -2.17. The largest absolute Gasteiger partial charge is 0.471 e. The molecule has 0 saturated carbocycles. The van der Waals surface area contributed by atoms with Gasteiger partial charge in [0, 0.05) is 37.6 Å². The predicted molar refractivity (Wildman–Crippen MR) is 76.1 cm³/mol. The third kappa shape index (κ3) is 3.27. The highest BCUT2D eigenvalue weighted by Crippen LogP contribution is 2.15. The number of aromatic nitrogens is 4. The number of carbonyl (C=O) groups is 1. The summed E-state index contributed by atoms with van der Waals surface area (Å²) in [5.41, 5.74) is -0.289. The van der Waals surface area contributed by atoms with E-state index in [0.29, 0.717) is 19.0 Å². The third-order valence-electron chi connectivity index (χ3n) is 3.39. The van der Waals surface area contributed by atoms with Crippen LogP contribution in [-0.2, 0) is 11.3 Å². The normalized spacial score (nSPS) is 17.5. The van der Waals surface area contributed by atoms with Gasteiger partial charge < -0.3 is 9.64 Å². The lowest BCUT2D eigenvalue weighted by atomic mass is 10.3. The molecule has 2 aromatic heterocycles. The van der Waals surface area contributed by atoms with Crippen LogP contribution >= 0.6 is 0 Å². The number of hydrogen-bond acceptors (Lipinski definition) is 6. The summed E-state index contributed by atoms with van der Waals surface area (Å²) in [6, 6.07) is 2.92. The highest BCUT2D eigenvalue weighted by molar-refractivity contribution is 5.76. The molecule has 1 aliphatic heterocycles. The fourth-order valence-electron chi connectivity index (χ4n) is 2.30. The van der Waals surface area contributed by atoms with Crippen molar-refractivity contribution in [2.75, 3.05) is 13.1 Å². The molecule has 0 spiro atoms. The standard InChI is InChI=1S/C14H15N5O3/c20-13-2-1-4-17-19(13)10-14(21)18-7-3-11(9-18)22-12-8-15-5-6-16-12/h1-2,4-6,8,11H,3,7,9-10H2/t11-/m0/s1. The van der Waals surface area contributed by atoms with Gasteiger partial charge in [0.2, 0.25) is 11.8 Å². The zero-order chi connectivity index (χ0) is 15.4. The van der Waals surface area contributed by atoms with Crippen LogP contribution in [0, 0.1) is 0 Å². The van der Waals surface area contributed by atoms with Crippen molar-refractivity contribution < 1.29 is 9.53 Å². The highest BCUT2D eigenvalue weighted by atomic mass is 16.5. The second-order valence-electron chi connectivity index (χ2n) is 4.93. The van der Waals surface area contributed by atoms with Crippen molar-refractivity contribution in [1.82, 2.24) is 24.6 Å². The van der Waals surface area contributed by atoms with E-state index in [9.17, 15) is 9.59 Å². The van der Waals surface area contributed by atoms with Crippen LogP contribution < -0.4 is 10.3 Å². The first-order valence-corrected chi connectivity index (χ1v) is 6.95. The Morgan fingerprint density at radius 1 is 1.36 bits per heavy atom. The molecule has 3 heterocycles. The van der Waals surface area contributed by atoms with Gasteiger partial charge in [0.1, 0.15) is 12.6 Å². The van der Waals surface area contributed by atoms with Gasteiger partial charge >= 0.3 is 0 Å². The predicted octanol–water partition coefficient (Wildman–Crippen LogP) is -0.287. The summed E-state index contributed by atoms with van der Waals surface area (Å²) in [6.45, 7) is 1.000. The van der Waals surface area contributed by atoms with E-state index < -0.39 is 0 Å². The van der Waals surface area contributed by atoms with Crippen molar-refractivity contribution >= 4 is 5.91 Å². The summed E-state index contributed by atoms with van der Waals surface area (Å²) in [5.74, 6) is 0.300. The van der Waals surface area contributed by atoms with Gasteiger partial charge in [0.15, 0.2) is 0 Å². The lowest BCUT2D eigenvalue weighted by molar-refractivity contribution is -0.131. The number of hydrogen-bond donors (Lipinski definition) is 0. The smallest absolute Gasteiger partial charge is 0.267 e. The first-order valence-electron chi connectivity index (χ1n) is 6.95. The second kappa shape index (κ2) is 6.33. The van der Waals surface area contributed by atoms with Crippen molar-refractivity contribution in [2.45, 2.75) is 19.1 Å². The summed E-state index contributed by atoms with van der Waals surface area (Å²) < 4.78 is 6.83. The molecule has 0 N–H and O–H groups in total. The molecule has 8 nitrogen and oxygen atoms in total. The second-order valence-corrected chi connectivity index (χ2v) is 4.93. The molecule has 1 aliphatic rings. The average Bonchev–Trinajstić information content (AvgIpc) is 2.99. The maximum absolute atomic E-state index is 12.2. The molecular weight excluding hydrogens is 286 g/mol. The number of ether oxygens (including phenoxy) is 1. The Morgan fingerprint density at radius 2 is 2.27 bits per heavy atom. The summed E-state index contributed by atoms with van der Waals surface area (Å²) in [5, 5.41) is 3.88. The summed E-state index contributed by atoms with van der Waals surface area (Å²) in [6.07, 6.45) is 6.76. The Balaban J connectivity index is 1.57. The maximum Gasteiger partial charge on any atom is 0.267 e. The first kappa shape index (κ1) is 14.2. The summed E-state index contributed by atoms with van der Waals surface area (Å²) >= 11 is 0. The van der Waals surface area contributed by atoms with Gasteiger partial charge in [-0.3, -0.25) is 14.6 Å². The molecule has 1 fully saturated rings. The zero-order valence-corrected chi connectivity index (χ0v) is 11.8. The molecule has 1 amide bonds. The van der Waals surface area contributed by atoms with Crippen molar-refractivity contribution in [3.63, 3.8) is 0 Å². The molecule has 114 valence electrons. The van der Waals surface area contributed by atoms with Crippen molar-refractivity contribution in [2.24, 2.45) is 0 Å². The number of rotatable bonds is 4. The number of likely N-dealkylation sites (tertiary alicyclic amines) is 1. The van der Waals surface area contributed by atoms with E-state index in [4.69, 9.17) is 4.74 Å². The van der Waals surface area contributed by atoms with E-state index in [1.165, 1.54) is 18.5 Å². The number of carbonyl (C=O) groups excluding carboxylic acids is 1. The maximum atomic E-state index is 12.2. The van der Waals surface area contributed by atoms with Crippen LogP contribution in [0.4, 0.5) is 0 Å². The summed E-state index contributed by atoms with van der Waals surface area (Å²) in [4.78, 5) is 33.4. The van der Waals surface area contributed by atoms with Crippen molar-refractivity contribution in [3.8, 4) is 5.88 Å². The van der Waals surface area contributed by atoms with E-state index in [-0.39, 0.29) is 24.1 Å². The van der Waals surface area contributed by atoms with Gasteiger partial charge in [-0.25, -0.2) is 9.67 Å². The number of amides is 1. The van der Waals surface area contributed by atoms with Gasteiger partial charge in [-0.1, -0.05) is 0 Å². The van der Waals surface area contributed by atoms with Gasteiger partial charge in [-0.15, -0.1) is 0 Å². The van der Waals surface area contributed by atoms with Gasteiger partial charge in [0.25, 0.3) is 5.56 Å². The molecule has 8 heteroatoms. The SMILES string of the molecule is O=C(Cn1ncccc1=O)N1CC[C@H](Oc2cnccn2)C1. The van der Waals surface area contributed by atoms with Gasteiger partial charge in [-0.05, 0) is 6.07 Å². The minimum Gasteiger partial charge on any atom is -0.471 e. The highest BCUT2D eigenvalue weighted by Gasteiger charge is 2.28. The fourth-order valence-corrected chi connectivity index (χ4v) is 2.30. The van der Waals surface area contributed by atoms with Crippen molar-refractivity contribution in [3.05, 3.63) is 47.3 Å². The van der Waals surface area contributed by atoms with Crippen LogP contribution in [0.2, 0.25) is 0 Å². The van der Waals surface area contributed by atoms with Crippen LogP contribution in [0.1, 0.15) is 6.42 Å². The quantitative estimate of drug-likeness (QED) is 0.771. The Bertz CT molecular complexity index is 703. The minimum atomic E-state index is -0.289. The molecule has 0 bridgehead atoms. The zero-order valence-electron chi connectivity index (χ0n) is 11.8. The molecule has 0 aromatic carbocycles. The molecule has 2 aromatic rings. The first-order chi connectivity index (χ1) is 10.7. The molecule has 22 heavy (non-hydrogen) atoms. The average molecular weight is 301 g/mol. The Kier molecular flexibility index (Phi) is 4.08. The van der Waals surface area contributed by atoms with Gasteiger partial charge in [0.05, 0.1) is 12.7 Å². The lowest BCUT2D eigenvalue weighted by Crippen LogP contribution is -2.36. The Hall–Kier alpha value is -2.77. The van der Waals surface area contributed by atoms with E-state index in [1.54, 1.807) is 23.4 Å². The molecular formula is C14H15N5O3. The van der Waals surface area contributed by atoms with E-state index in [2.05, 4.69) is 15.1 Å². The van der Waals surface area contributed by atoms with E-state index >= 15 is 0 Å². The molecule has 0 unspecified atom stereocenters. The third-order valence-corrected chi connectivity index (χ3v) is 3.39. The molecule has 1 atom stereocenters. The minimum absolute atomic E-state index is 0.0580. The Labute approximate surface area is 126 Å². The topological polar surface area (TPSA) is 90.2 Å². The molecule has 0 radical (unpaired) electrons. The van der Waals surface area contributed by atoms with Crippen LogP contribution in [0.25, 0.3) is 0 Å². The fraction of sp³-hybridized carbons (Fsp3) is 0.357. The van der Waals surface area contributed by atoms with Gasteiger partial charge in [-0.2, -0.15) is 5.10 Å². The monoisotopic (exact) mass is 301 g/mol. The van der Waals surface area contributed by atoms with E-state index in [0.717, 1.165) is 11.1 Å². The van der Waals surface area contributed by atoms with Crippen LogP contribution in [-0.4, -0.2) is 49.7 Å². The number of nitrogens with zero attached hydrogens (tertiary/aromatic N) is 5. The van der Waals surface area contributed by atoms with E-state index in [1.807, 2.05) is 0 Å². The van der Waals surface area contributed by atoms with Crippen LogP contribution in [0.15, 0.2) is 41.7 Å². The van der Waals surface area contributed by atoms with Crippen LogP contribution in [0.3, 0.4) is 0 Å².